The zero-order chi connectivity index (χ0) is 20.0. The van der Waals surface area contributed by atoms with Gasteiger partial charge in [-0.25, -0.2) is 8.42 Å². The fourth-order valence-corrected chi connectivity index (χ4v) is 3.95. The molecule has 1 N–H and O–H groups in total. The minimum Gasteiger partial charge on any atom is -0.353 e. The minimum atomic E-state index is -3.79. The van der Waals surface area contributed by atoms with Gasteiger partial charge in [0, 0.05) is 12.6 Å². The normalized spacial score (nSPS) is 12.8. The number of carbonyl (C=O) groups excluding carboxylic acids is 1. The molecule has 0 heterocycles. The summed E-state index contributed by atoms with van der Waals surface area (Å²) in [5, 5.41) is 2.84. The Morgan fingerprint density at radius 2 is 1.52 bits per heavy atom. The number of sulfonamides is 1. The van der Waals surface area contributed by atoms with Crippen LogP contribution in [0.5, 0.6) is 0 Å². The van der Waals surface area contributed by atoms with Gasteiger partial charge in [0.1, 0.15) is 0 Å². The Morgan fingerprint density at radius 1 is 1.00 bits per heavy atom. The first-order valence-electron chi connectivity index (χ1n) is 9.14. The third kappa shape index (κ3) is 5.91. The van der Waals surface area contributed by atoms with Crippen molar-refractivity contribution in [2.75, 3.05) is 6.54 Å². The number of amides is 1. The van der Waals surface area contributed by atoms with Gasteiger partial charge in [0.15, 0.2) is 0 Å². The number of rotatable bonds is 8. The van der Waals surface area contributed by atoms with Crippen LogP contribution in [0.1, 0.15) is 37.0 Å². The number of hydrogen-bond donors (Lipinski definition) is 1. The van der Waals surface area contributed by atoms with E-state index in [2.05, 4.69) is 5.32 Å². The lowest BCUT2D eigenvalue weighted by molar-refractivity contribution is -0.122. The van der Waals surface area contributed by atoms with Crippen LogP contribution in [0.15, 0.2) is 53.4 Å². The molecule has 0 saturated heterocycles. The van der Waals surface area contributed by atoms with Crippen molar-refractivity contribution < 1.29 is 13.2 Å². The molecular formula is C21H28N2O3S. The van der Waals surface area contributed by atoms with E-state index >= 15 is 0 Å². The van der Waals surface area contributed by atoms with Gasteiger partial charge < -0.3 is 5.32 Å². The molecule has 2 aromatic rings. The Hall–Kier alpha value is -2.18. The molecule has 0 saturated carbocycles. The Kier molecular flexibility index (Phi) is 7.16. The Morgan fingerprint density at radius 3 is 2.04 bits per heavy atom. The molecule has 1 atom stereocenters. The zero-order valence-electron chi connectivity index (χ0n) is 16.4. The molecule has 5 nitrogen and oxygen atoms in total. The highest BCUT2D eigenvalue weighted by molar-refractivity contribution is 7.89. The first-order valence-corrected chi connectivity index (χ1v) is 10.6. The molecule has 0 aliphatic heterocycles. The van der Waals surface area contributed by atoms with Crippen LogP contribution in [0.2, 0.25) is 0 Å². The van der Waals surface area contributed by atoms with Gasteiger partial charge in [0.25, 0.3) is 0 Å². The lowest BCUT2D eigenvalue weighted by Crippen LogP contribution is -2.43. The second-order valence-corrected chi connectivity index (χ2v) is 8.89. The monoisotopic (exact) mass is 388 g/mol. The molecule has 2 rings (SSSR count). The third-order valence-electron chi connectivity index (χ3n) is 4.48. The van der Waals surface area contributed by atoms with Crippen molar-refractivity contribution in [3.8, 4) is 0 Å². The van der Waals surface area contributed by atoms with Crippen molar-refractivity contribution in [2.45, 2.75) is 51.6 Å². The molecule has 6 heteroatoms. The van der Waals surface area contributed by atoms with Gasteiger partial charge in [-0.15, -0.1) is 0 Å². The average Bonchev–Trinajstić information content (AvgIpc) is 2.63. The number of nitrogens with one attached hydrogen (secondary N) is 1. The molecule has 0 aromatic heterocycles. The lowest BCUT2D eigenvalue weighted by Gasteiger charge is -2.23. The molecule has 0 unspecified atom stereocenters. The van der Waals surface area contributed by atoms with Crippen LogP contribution in [0.25, 0.3) is 0 Å². The minimum absolute atomic E-state index is 0.000744. The zero-order valence-corrected chi connectivity index (χ0v) is 17.2. The summed E-state index contributed by atoms with van der Waals surface area (Å²) in [7, 11) is -3.79. The van der Waals surface area contributed by atoms with Gasteiger partial charge in [-0.3, -0.25) is 4.79 Å². The molecular weight excluding hydrogens is 360 g/mol. The molecule has 0 fully saturated rings. The highest BCUT2D eigenvalue weighted by atomic mass is 32.2. The average molecular weight is 389 g/mol. The van der Waals surface area contributed by atoms with Gasteiger partial charge in [-0.05, 0) is 44.9 Å². The predicted octanol–water partition coefficient (Wildman–Crippen LogP) is 3.41. The molecule has 1 amide bonds. The first kappa shape index (κ1) is 21.1. The summed E-state index contributed by atoms with van der Waals surface area (Å²) in [6.45, 7) is 7.68. The van der Waals surface area contributed by atoms with Crippen LogP contribution in [-0.4, -0.2) is 31.2 Å². The summed E-state index contributed by atoms with van der Waals surface area (Å²) in [5.74, 6) is -0.299. The van der Waals surface area contributed by atoms with Crippen molar-refractivity contribution in [1.82, 2.24) is 9.62 Å². The van der Waals surface area contributed by atoms with Gasteiger partial charge >= 0.3 is 0 Å². The number of aryl methyl sites for hydroxylation is 2. The van der Waals surface area contributed by atoms with Crippen molar-refractivity contribution >= 4 is 15.9 Å². The Balaban J connectivity index is 2.31. The summed E-state index contributed by atoms with van der Waals surface area (Å²) in [4.78, 5) is 12.6. The SMILES string of the molecule is CC[C@@H](C)NC(=O)CN(Cc1ccc(C)cc1)S(=O)(=O)c1ccc(C)cc1. The molecule has 0 spiro atoms. The molecule has 27 heavy (non-hydrogen) atoms. The maximum atomic E-state index is 13.2. The van der Waals surface area contributed by atoms with Crippen molar-refractivity contribution in [1.29, 1.82) is 0 Å². The van der Waals surface area contributed by atoms with Crippen LogP contribution < -0.4 is 5.32 Å². The highest BCUT2D eigenvalue weighted by Gasteiger charge is 2.27. The van der Waals surface area contributed by atoms with Gasteiger partial charge in [-0.2, -0.15) is 4.31 Å². The van der Waals surface area contributed by atoms with Crippen molar-refractivity contribution in [2.24, 2.45) is 0 Å². The fraction of sp³-hybridized carbons (Fsp3) is 0.381. The Bertz CT molecular complexity index is 859. The van der Waals surface area contributed by atoms with Gasteiger partial charge in [0.2, 0.25) is 15.9 Å². The molecule has 0 aliphatic rings. The maximum absolute atomic E-state index is 13.2. The van der Waals surface area contributed by atoms with Crippen LogP contribution in [0.4, 0.5) is 0 Å². The topological polar surface area (TPSA) is 66.5 Å². The largest absolute Gasteiger partial charge is 0.353 e. The van der Waals surface area contributed by atoms with E-state index in [1.807, 2.05) is 52.0 Å². The number of benzene rings is 2. The molecule has 146 valence electrons. The van der Waals surface area contributed by atoms with Gasteiger partial charge in [-0.1, -0.05) is 54.4 Å². The number of nitrogens with zero attached hydrogens (tertiary/aromatic N) is 1. The third-order valence-corrected chi connectivity index (χ3v) is 6.28. The maximum Gasteiger partial charge on any atom is 0.243 e. The van der Waals surface area contributed by atoms with Crippen LogP contribution in [0.3, 0.4) is 0 Å². The van der Waals surface area contributed by atoms with E-state index in [4.69, 9.17) is 0 Å². The van der Waals surface area contributed by atoms with Crippen molar-refractivity contribution in [3.05, 3.63) is 65.2 Å². The summed E-state index contributed by atoms with van der Waals surface area (Å²) in [6, 6.07) is 14.3. The second-order valence-electron chi connectivity index (χ2n) is 6.95. The molecule has 0 radical (unpaired) electrons. The predicted molar refractivity (Wildman–Crippen MR) is 108 cm³/mol. The van der Waals surface area contributed by atoms with E-state index in [0.29, 0.717) is 0 Å². The van der Waals surface area contributed by atoms with E-state index in [1.54, 1.807) is 24.3 Å². The summed E-state index contributed by atoms with van der Waals surface area (Å²) in [5.41, 5.74) is 2.92. The Labute approximate surface area is 162 Å². The molecule has 0 bridgehead atoms. The van der Waals surface area contributed by atoms with Crippen LogP contribution >= 0.6 is 0 Å². The number of carbonyl (C=O) groups is 1. The van der Waals surface area contributed by atoms with E-state index in [9.17, 15) is 13.2 Å². The standard InChI is InChI=1S/C21H28N2O3S/c1-5-18(4)22-21(24)15-23(14-19-10-6-16(2)7-11-19)27(25,26)20-12-8-17(3)9-13-20/h6-13,18H,5,14-15H2,1-4H3,(H,22,24)/t18-/m1/s1. The molecule has 2 aromatic carbocycles. The lowest BCUT2D eigenvalue weighted by atomic mass is 10.1. The first-order chi connectivity index (χ1) is 12.7. The summed E-state index contributed by atoms with van der Waals surface area (Å²) < 4.78 is 27.5. The quantitative estimate of drug-likeness (QED) is 0.754. The van der Waals surface area contributed by atoms with Crippen LogP contribution in [0, 0.1) is 13.8 Å². The van der Waals surface area contributed by atoms with E-state index in [0.717, 1.165) is 23.1 Å². The second kappa shape index (κ2) is 9.15. The van der Waals surface area contributed by atoms with Crippen molar-refractivity contribution in [3.63, 3.8) is 0 Å². The molecule has 0 aliphatic carbocycles. The van der Waals surface area contributed by atoms with E-state index in [-0.39, 0.29) is 29.9 Å². The van der Waals surface area contributed by atoms with Gasteiger partial charge in [0.05, 0.1) is 11.4 Å². The van der Waals surface area contributed by atoms with Crippen LogP contribution in [-0.2, 0) is 21.4 Å². The smallest absolute Gasteiger partial charge is 0.243 e. The van der Waals surface area contributed by atoms with E-state index < -0.39 is 10.0 Å². The van der Waals surface area contributed by atoms with E-state index in [1.165, 1.54) is 4.31 Å². The number of hydrogen-bond acceptors (Lipinski definition) is 3. The fourth-order valence-electron chi connectivity index (χ4n) is 2.56. The summed E-state index contributed by atoms with van der Waals surface area (Å²) in [6.07, 6.45) is 0.786. The highest BCUT2D eigenvalue weighted by Crippen LogP contribution is 2.19. The summed E-state index contributed by atoms with van der Waals surface area (Å²) >= 11 is 0.